The molecule has 0 aliphatic heterocycles. The molecule has 0 spiro atoms. The Bertz CT molecular complexity index is 694. The molecule has 3 aromatic rings. The number of nitrogens with one attached hydrogen (secondary N) is 1. The summed E-state index contributed by atoms with van der Waals surface area (Å²) in [6.07, 6.45) is 1.45. The molecule has 19 heavy (non-hydrogen) atoms. The lowest BCUT2D eigenvalue weighted by atomic mass is 10.1. The van der Waals surface area contributed by atoms with Crippen LogP contribution in [0.25, 0.3) is 21.8 Å². The molecule has 0 saturated heterocycles. The quantitative estimate of drug-likeness (QED) is 0.751. The lowest BCUT2D eigenvalue weighted by molar-refractivity contribution is -0.137. The molecule has 0 unspecified atom stereocenters. The van der Waals surface area contributed by atoms with E-state index >= 15 is 0 Å². The zero-order valence-electron chi connectivity index (χ0n) is 10.4. The largest absolute Gasteiger partial charge is 0.481 e. The van der Waals surface area contributed by atoms with E-state index in [2.05, 4.69) is 34.2 Å². The maximum absolute atomic E-state index is 10.5. The van der Waals surface area contributed by atoms with Crippen LogP contribution in [0.2, 0.25) is 0 Å². The van der Waals surface area contributed by atoms with Gasteiger partial charge in [-0.15, -0.1) is 0 Å². The van der Waals surface area contributed by atoms with Crippen molar-refractivity contribution < 1.29 is 9.90 Å². The lowest BCUT2D eigenvalue weighted by Crippen LogP contribution is -1.96. The van der Waals surface area contributed by atoms with Crippen molar-refractivity contribution in [1.29, 1.82) is 0 Å². The fourth-order valence-corrected chi connectivity index (χ4v) is 2.28. The fraction of sp³-hybridized carbons (Fsp3) is 0.200. The van der Waals surface area contributed by atoms with E-state index in [1.807, 2.05) is 12.1 Å². The number of carboxylic acids is 1. The van der Waals surface area contributed by atoms with E-state index in [0.717, 1.165) is 16.9 Å². The van der Waals surface area contributed by atoms with Crippen molar-refractivity contribution >= 4 is 27.8 Å². The summed E-state index contributed by atoms with van der Waals surface area (Å²) in [7, 11) is 0. The summed E-state index contributed by atoms with van der Waals surface area (Å²) < 4.78 is 0. The Balaban J connectivity index is 1.91. The van der Waals surface area contributed by atoms with Gasteiger partial charge in [-0.05, 0) is 29.3 Å². The first-order valence-electron chi connectivity index (χ1n) is 6.31. The molecule has 1 heterocycles. The van der Waals surface area contributed by atoms with Crippen molar-refractivity contribution in [3.05, 3.63) is 42.2 Å². The summed E-state index contributed by atoms with van der Waals surface area (Å²) in [5, 5.41) is 11.0. The van der Waals surface area contributed by atoms with Crippen molar-refractivity contribution in [2.24, 2.45) is 0 Å². The number of aliphatic carboxylic acids is 1. The molecule has 0 radical (unpaired) electrons. The minimum Gasteiger partial charge on any atom is -0.481 e. The summed E-state index contributed by atoms with van der Waals surface area (Å²) in [4.78, 5) is 18.3. The van der Waals surface area contributed by atoms with Crippen LogP contribution in [-0.4, -0.2) is 21.0 Å². The van der Waals surface area contributed by atoms with Crippen molar-refractivity contribution in [3.8, 4) is 0 Å². The highest BCUT2D eigenvalue weighted by Crippen LogP contribution is 2.21. The maximum atomic E-state index is 10.5. The van der Waals surface area contributed by atoms with Gasteiger partial charge in [0, 0.05) is 12.8 Å². The zero-order chi connectivity index (χ0) is 13.2. The van der Waals surface area contributed by atoms with Gasteiger partial charge in [-0.1, -0.05) is 24.3 Å². The van der Waals surface area contributed by atoms with Crippen molar-refractivity contribution in [1.82, 2.24) is 9.97 Å². The predicted octanol–water partition coefficient (Wildman–Crippen LogP) is 3.12. The number of aromatic amines is 1. The maximum Gasteiger partial charge on any atom is 0.303 e. The van der Waals surface area contributed by atoms with Gasteiger partial charge in [0.1, 0.15) is 5.82 Å². The van der Waals surface area contributed by atoms with Crippen molar-refractivity contribution in [3.63, 3.8) is 0 Å². The number of H-pyrrole nitrogens is 1. The van der Waals surface area contributed by atoms with Crippen LogP contribution in [0.15, 0.2) is 36.4 Å². The van der Waals surface area contributed by atoms with E-state index in [4.69, 9.17) is 5.11 Å². The van der Waals surface area contributed by atoms with Crippen molar-refractivity contribution in [2.75, 3.05) is 0 Å². The highest BCUT2D eigenvalue weighted by Gasteiger charge is 2.05. The molecule has 0 atom stereocenters. The molecule has 2 N–H and O–H groups in total. The number of nitrogens with zero attached hydrogens (tertiary/aromatic N) is 1. The Labute approximate surface area is 110 Å². The molecule has 0 aliphatic carbocycles. The second kappa shape index (κ2) is 4.72. The Hall–Kier alpha value is -2.36. The van der Waals surface area contributed by atoms with Crippen LogP contribution in [0.3, 0.4) is 0 Å². The average molecular weight is 254 g/mol. The Kier molecular flexibility index (Phi) is 2.91. The fourth-order valence-electron chi connectivity index (χ4n) is 2.28. The lowest BCUT2D eigenvalue weighted by Gasteiger charge is -1.95. The number of imidazole rings is 1. The summed E-state index contributed by atoms with van der Waals surface area (Å²) in [6, 6.07) is 12.3. The van der Waals surface area contributed by atoms with Gasteiger partial charge in [0.05, 0.1) is 11.0 Å². The minimum absolute atomic E-state index is 0.180. The Morgan fingerprint density at radius 2 is 1.95 bits per heavy atom. The molecule has 4 heteroatoms. The first-order valence-corrected chi connectivity index (χ1v) is 6.31. The zero-order valence-corrected chi connectivity index (χ0v) is 10.4. The normalized spacial score (nSPS) is 11.2. The number of rotatable bonds is 4. The Morgan fingerprint density at radius 3 is 2.68 bits per heavy atom. The van der Waals surface area contributed by atoms with Crippen LogP contribution in [0.5, 0.6) is 0 Å². The standard InChI is InChI=1S/C15H14N2O2/c18-15(19)7-3-6-14-16-12-8-10-4-1-2-5-11(10)9-13(12)17-14/h1-2,4-5,8-9H,3,6-7H2,(H,16,17)(H,18,19). The SMILES string of the molecule is O=C(O)CCCc1nc2cc3ccccc3cc2[nH]1. The summed E-state index contributed by atoms with van der Waals surface area (Å²) in [5.41, 5.74) is 1.94. The predicted molar refractivity (Wildman–Crippen MR) is 74.2 cm³/mol. The van der Waals surface area contributed by atoms with Gasteiger partial charge < -0.3 is 10.1 Å². The minimum atomic E-state index is -0.762. The third-order valence-electron chi connectivity index (χ3n) is 3.20. The highest BCUT2D eigenvalue weighted by molar-refractivity contribution is 5.95. The van der Waals surface area contributed by atoms with E-state index in [-0.39, 0.29) is 6.42 Å². The molecular weight excluding hydrogens is 240 g/mol. The number of aryl methyl sites for hydroxylation is 1. The van der Waals surface area contributed by atoms with E-state index in [1.54, 1.807) is 0 Å². The number of benzene rings is 2. The number of carboxylic acid groups (broad SMARTS) is 1. The molecule has 96 valence electrons. The van der Waals surface area contributed by atoms with E-state index < -0.39 is 5.97 Å². The van der Waals surface area contributed by atoms with Gasteiger partial charge in [-0.25, -0.2) is 4.98 Å². The second-order valence-electron chi connectivity index (χ2n) is 4.65. The van der Waals surface area contributed by atoms with Crippen LogP contribution < -0.4 is 0 Å². The van der Waals surface area contributed by atoms with Gasteiger partial charge in [0.15, 0.2) is 0 Å². The molecule has 0 aliphatic rings. The number of carbonyl (C=O) groups is 1. The van der Waals surface area contributed by atoms with Gasteiger partial charge in [0.2, 0.25) is 0 Å². The van der Waals surface area contributed by atoms with Crippen LogP contribution >= 0.6 is 0 Å². The van der Waals surface area contributed by atoms with Gasteiger partial charge in [-0.2, -0.15) is 0 Å². The van der Waals surface area contributed by atoms with Gasteiger partial charge in [0.25, 0.3) is 0 Å². The molecule has 4 nitrogen and oxygen atoms in total. The number of hydrogen-bond donors (Lipinski definition) is 2. The Morgan fingerprint density at radius 1 is 1.21 bits per heavy atom. The molecule has 0 bridgehead atoms. The topological polar surface area (TPSA) is 66.0 Å². The van der Waals surface area contributed by atoms with Crippen LogP contribution in [0.1, 0.15) is 18.7 Å². The van der Waals surface area contributed by atoms with Crippen LogP contribution in [0.4, 0.5) is 0 Å². The van der Waals surface area contributed by atoms with E-state index in [0.29, 0.717) is 12.8 Å². The summed E-state index contributed by atoms with van der Waals surface area (Å²) >= 11 is 0. The molecule has 2 aromatic carbocycles. The second-order valence-corrected chi connectivity index (χ2v) is 4.65. The molecule has 3 rings (SSSR count). The number of fused-ring (bicyclic) bond motifs is 2. The molecule has 1 aromatic heterocycles. The molecule has 0 saturated carbocycles. The van der Waals surface area contributed by atoms with Crippen LogP contribution in [0, 0.1) is 0 Å². The monoisotopic (exact) mass is 254 g/mol. The highest BCUT2D eigenvalue weighted by atomic mass is 16.4. The van der Waals surface area contributed by atoms with E-state index in [9.17, 15) is 4.79 Å². The smallest absolute Gasteiger partial charge is 0.303 e. The van der Waals surface area contributed by atoms with Crippen molar-refractivity contribution in [2.45, 2.75) is 19.3 Å². The summed E-state index contributed by atoms with van der Waals surface area (Å²) in [5.74, 6) is 0.0911. The molecule has 0 amide bonds. The number of hydrogen-bond acceptors (Lipinski definition) is 2. The average Bonchev–Trinajstić information content (AvgIpc) is 2.77. The van der Waals surface area contributed by atoms with Gasteiger partial charge >= 0.3 is 5.97 Å². The summed E-state index contributed by atoms with van der Waals surface area (Å²) in [6.45, 7) is 0. The third kappa shape index (κ3) is 2.42. The first-order chi connectivity index (χ1) is 9.22. The number of aromatic nitrogens is 2. The molecule has 0 fully saturated rings. The van der Waals surface area contributed by atoms with Crippen LogP contribution in [-0.2, 0) is 11.2 Å². The van der Waals surface area contributed by atoms with Gasteiger partial charge in [-0.3, -0.25) is 4.79 Å². The van der Waals surface area contributed by atoms with E-state index in [1.165, 1.54) is 10.8 Å². The third-order valence-corrected chi connectivity index (χ3v) is 3.20. The molecular formula is C15H14N2O2. The first kappa shape index (κ1) is 11.7.